The monoisotopic (exact) mass is 453 g/mol. The molecule has 0 aliphatic carbocycles. The number of benzene rings is 2. The summed E-state index contributed by atoms with van der Waals surface area (Å²) >= 11 is 0. The summed E-state index contributed by atoms with van der Waals surface area (Å²) in [5, 5.41) is 12.9. The van der Waals surface area contributed by atoms with Crippen LogP contribution in [0.3, 0.4) is 0 Å². The molecule has 3 aromatic rings. The van der Waals surface area contributed by atoms with Crippen LogP contribution in [0.5, 0.6) is 17.2 Å². The number of carbonyl (C=O) groups is 2. The molecular weight excluding hydrogens is 426 g/mol. The Hall–Kier alpha value is -4.01. The Morgan fingerprint density at radius 3 is 2.33 bits per heavy atom. The highest BCUT2D eigenvalue weighted by molar-refractivity contribution is 6.06. The van der Waals surface area contributed by atoms with Crippen molar-refractivity contribution in [1.82, 2.24) is 10.3 Å². The molecule has 0 unspecified atom stereocenters. The molecule has 9 heteroatoms. The van der Waals surface area contributed by atoms with Crippen molar-refractivity contribution in [3.63, 3.8) is 0 Å². The van der Waals surface area contributed by atoms with Gasteiger partial charge in [0.1, 0.15) is 29.4 Å². The predicted molar refractivity (Wildman–Crippen MR) is 124 cm³/mol. The zero-order valence-corrected chi connectivity index (χ0v) is 19.2. The van der Waals surface area contributed by atoms with Crippen molar-refractivity contribution >= 4 is 28.5 Å². The molecule has 1 aromatic heterocycles. The van der Waals surface area contributed by atoms with E-state index in [9.17, 15) is 14.7 Å². The lowest BCUT2D eigenvalue weighted by Crippen LogP contribution is -2.47. The van der Waals surface area contributed by atoms with E-state index in [2.05, 4.69) is 10.3 Å². The van der Waals surface area contributed by atoms with Crippen molar-refractivity contribution in [2.45, 2.75) is 26.3 Å². The van der Waals surface area contributed by atoms with Crippen LogP contribution in [0, 0.1) is 6.92 Å². The zero-order chi connectivity index (χ0) is 24.3. The number of aromatic carboxylic acids is 1. The van der Waals surface area contributed by atoms with Crippen LogP contribution in [0.15, 0.2) is 36.4 Å². The van der Waals surface area contributed by atoms with Crippen LogP contribution < -0.4 is 25.3 Å². The van der Waals surface area contributed by atoms with E-state index < -0.39 is 11.5 Å². The summed E-state index contributed by atoms with van der Waals surface area (Å²) in [6.07, 6.45) is 0. The van der Waals surface area contributed by atoms with Crippen LogP contribution >= 0.6 is 0 Å². The molecule has 0 atom stereocenters. The molecule has 0 bridgehead atoms. The number of rotatable bonds is 8. The number of anilines is 1. The Labute approximate surface area is 191 Å². The third kappa shape index (κ3) is 5.08. The summed E-state index contributed by atoms with van der Waals surface area (Å²) in [6, 6.07) is 10.1. The summed E-state index contributed by atoms with van der Waals surface area (Å²) in [5.41, 5.74) is 6.66. The Morgan fingerprint density at radius 2 is 1.76 bits per heavy atom. The van der Waals surface area contributed by atoms with Crippen LogP contribution in [0.1, 0.15) is 40.3 Å². The summed E-state index contributed by atoms with van der Waals surface area (Å²) in [4.78, 5) is 28.8. The number of ether oxygens (including phenoxy) is 3. The molecule has 0 aliphatic rings. The van der Waals surface area contributed by atoms with Crippen LogP contribution in [0.25, 0.3) is 10.9 Å². The number of aryl methyl sites for hydroxylation is 1. The number of amides is 1. The lowest BCUT2D eigenvalue weighted by Gasteiger charge is -2.27. The van der Waals surface area contributed by atoms with Gasteiger partial charge in [0.2, 0.25) is 0 Å². The summed E-state index contributed by atoms with van der Waals surface area (Å²) in [6.45, 7) is 5.30. The first-order valence-corrected chi connectivity index (χ1v) is 10.2. The topological polar surface area (TPSA) is 133 Å². The molecule has 9 nitrogen and oxygen atoms in total. The van der Waals surface area contributed by atoms with Crippen molar-refractivity contribution in [2.75, 3.05) is 26.6 Å². The van der Waals surface area contributed by atoms with Crippen molar-refractivity contribution in [3.05, 3.63) is 53.2 Å². The molecule has 0 saturated carbocycles. The summed E-state index contributed by atoms with van der Waals surface area (Å²) < 4.78 is 16.4. The molecule has 33 heavy (non-hydrogen) atoms. The second-order valence-corrected chi connectivity index (χ2v) is 8.17. The highest BCUT2D eigenvalue weighted by Crippen LogP contribution is 2.34. The number of fused-ring (bicyclic) bond motifs is 1. The first kappa shape index (κ1) is 23.6. The van der Waals surface area contributed by atoms with Crippen molar-refractivity contribution in [1.29, 1.82) is 0 Å². The van der Waals surface area contributed by atoms with E-state index >= 15 is 0 Å². The van der Waals surface area contributed by atoms with E-state index in [0.717, 1.165) is 0 Å². The Bertz CT molecular complexity index is 1200. The van der Waals surface area contributed by atoms with E-state index in [1.54, 1.807) is 43.3 Å². The largest absolute Gasteiger partial charge is 0.497 e. The number of aromatic nitrogens is 1. The van der Waals surface area contributed by atoms with Crippen molar-refractivity contribution in [2.24, 2.45) is 0 Å². The standard InChI is InChI=1S/C24H27N3O6/c1-13-19(23(29)30)21(25)20-17(26-13)7-6-8-18(20)33-12-24(2,3)27-22(28)14-9-15(31-4)11-16(10-14)32-5/h6-11H,12H2,1-5H3,(H2,25,26)(H,27,28)(H,29,30). The number of hydrogen-bond acceptors (Lipinski definition) is 7. The highest BCUT2D eigenvalue weighted by atomic mass is 16.5. The minimum absolute atomic E-state index is 0.0573. The van der Waals surface area contributed by atoms with Crippen LogP contribution in [0.4, 0.5) is 5.69 Å². The molecule has 3 rings (SSSR count). The maximum atomic E-state index is 12.9. The quantitative estimate of drug-likeness (QED) is 0.472. The van der Waals surface area contributed by atoms with E-state index in [1.165, 1.54) is 14.2 Å². The third-order valence-electron chi connectivity index (χ3n) is 5.06. The van der Waals surface area contributed by atoms with Gasteiger partial charge in [-0.15, -0.1) is 0 Å². The van der Waals surface area contributed by atoms with Crippen molar-refractivity contribution < 1.29 is 28.9 Å². The second-order valence-electron chi connectivity index (χ2n) is 8.17. The third-order valence-corrected chi connectivity index (χ3v) is 5.06. The van der Waals surface area contributed by atoms with Crippen LogP contribution in [-0.2, 0) is 0 Å². The molecule has 0 spiro atoms. The van der Waals surface area contributed by atoms with Gasteiger partial charge in [0.15, 0.2) is 0 Å². The number of carboxylic acid groups (broad SMARTS) is 1. The molecule has 0 saturated heterocycles. The highest BCUT2D eigenvalue weighted by Gasteiger charge is 2.25. The number of hydrogen-bond donors (Lipinski definition) is 3. The maximum absolute atomic E-state index is 12.9. The Morgan fingerprint density at radius 1 is 1.12 bits per heavy atom. The van der Waals surface area contributed by atoms with Gasteiger partial charge in [-0.05, 0) is 45.0 Å². The van der Waals surface area contributed by atoms with E-state index in [4.69, 9.17) is 19.9 Å². The fraction of sp³-hybridized carbons (Fsp3) is 0.292. The van der Waals surface area contributed by atoms with Gasteiger partial charge in [0.25, 0.3) is 5.91 Å². The number of nitrogens with one attached hydrogen (secondary N) is 1. The van der Waals surface area contributed by atoms with Gasteiger partial charge in [-0.3, -0.25) is 9.78 Å². The molecule has 0 fully saturated rings. The normalized spacial score (nSPS) is 11.2. The van der Waals surface area contributed by atoms with Gasteiger partial charge >= 0.3 is 5.97 Å². The number of nitrogens with two attached hydrogens (primary N) is 1. The van der Waals surface area contributed by atoms with Crippen LogP contribution in [0.2, 0.25) is 0 Å². The van der Waals surface area contributed by atoms with Gasteiger partial charge in [-0.2, -0.15) is 0 Å². The summed E-state index contributed by atoms with van der Waals surface area (Å²) in [5.74, 6) is -0.113. The SMILES string of the molecule is COc1cc(OC)cc(C(=O)NC(C)(C)COc2cccc3nc(C)c(C(=O)O)c(N)c23)c1. The van der Waals surface area contributed by atoms with Crippen molar-refractivity contribution in [3.8, 4) is 17.2 Å². The minimum atomic E-state index is -1.16. The first-order valence-electron chi connectivity index (χ1n) is 10.2. The molecule has 4 N–H and O–H groups in total. The predicted octanol–water partition coefficient (Wildman–Crippen LogP) is 3.43. The zero-order valence-electron chi connectivity index (χ0n) is 19.2. The Balaban J connectivity index is 1.84. The maximum Gasteiger partial charge on any atom is 0.339 e. The van der Waals surface area contributed by atoms with E-state index in [0.29, 0.717) is 39.4 Å². The lowest BCUT2D eigenvalue weighted by atomic mass is 10.0. The smallest absolute Gasteiger partial charge is 0.339 e. The molecule has 2 aromatic carbocycles. The average Bonchev–Trinajstić information content (AvgIpc) is 2.76. The second kappa shape index (κ2) is 9.23. The first-order chi connectivity index (χ1) is 15.6. The Kier molecular flexibility index (Phi) is 6.62. The fourth-order valence-electron chi connectivity index (χ4n) is 3.44. The van der Waals surface area contributed by atoms with E-state index in [-0.39, 0.29) is 23.8 Å². The molecule has 1 amide bonds. The number of carbonyl (C=O) groups excluding carboxylic acids is 1. The van der Waals surface area contributed by atoms with Gasteiger partial charge in [0, 0.05) is 11.6 Å². The number of nitrogen functional groups attached to an aromatic ring is 1. The number of methoxy groups -OCH3 is 2. The molecule has 0 aliphatic heterocycles. The fourth-order valence-corrected chi connectivity index (χ4v) is 3.44. The number of nitrogens with zero attached hydrogens (tertiary/aromatic N) is 1. The molecular formula is C24H27N3O6. The van der Waals surface area contributed by atoms with Gasteiger partial charge in [-0.25, -0.2) is 4.79 Å². The number of pyridine rings is 1. The van der Waals surface area contributed by atoms with Crippen LogP contribution in [-0.4, -0.2) is 48.3 Å². The number of carboxylic acids is 1. The van der Waals surface area contributed by atoms with Gasteiger partial charge in [-0.1, -0.05) is 6.07 Å². The minimum Gasteiger partial charge on any atom is -0.497 e. The average molecular weight is 453 g/mol. The lowest BCUT2D eigenvalue weighted by molar-refractivity contribution is 0.0696. The molecule has 0 radical (unpaired) electrons. The van der Waals surface area contributed by atoms with Gasteiger partial charge in [0.05, 0.1) is 42.0 Å². The van der Waals surface area contributed by atoms with Gasteiger partial charge < -0.3 is 30.4 Å². The van der Waals surface area contributed by atoms with E-state index in [1.807, 2.05) is 13.8 Å². The summed E-state index contributed by atoms with van der Waals surface area (Å²) in [7, 11) is 3.02. The molecule has 1 heterocycles. The molecule has 174 valence electrons.